The van der Waals surface area contributed by atoms with Gasteiger partial charge in [0.05, 0.1) is 7.11 Å². The van der Waals surface area contributed by atoms with Gasteiger partial charge in [-0.1, -0.05) is 13.3 Å². The van der Waals surface area contributed by atoms with E-state index in [-0.39, 0.29) is 18.6 Å². The third kappa shape index (κ3) is 5.33. The van der Waals surface area contributed by atoms with Crippen LogP contribution in [0.4, 0.5) is 0 Å². The molecule has 1 atom stereocenters. The number of hydrogen-bond acceptors (Lipinski definition) is 4. The van der Waals surface area contributed by atoms with Crippen molar-refractivity contribution >= 4 is 11.8 Å². The molecule has 0 aliphatic heterocycles. The monoisotopic (exact) mass is 294 g/mol. The minimum Gasteiger partial charge on any atom is -0.493 e. The normalized spacial score (nSPS) is 11.6. The highest BCUT2D eigenvalue weighted by molar-refractivity contribution is 5.95. The topological polar surface area (TPSA) is 90.6 Å². The van der Waals surface area contributed by atoms with E-state index in [0.717, 1.165) is 12.8 Å². The Hall–Kier alpha value is -2.24. The van der Waals surface area contributed by atoms with Gasteiger partial charge in [-0.25, -0.2) is 0 Å². The van der Waals surface area contributed by atoms with E-state index in [4.69, 9.17) is 15.2 Å². The molecule has 0 heterocycles. The van der Waals surface area contributed by atoms with Gasteiger partial charge >= 0.3 is 0 Å². The molecule has 1 aromatic carbocycles. The second-order valence-corrected chi connectivity index (χ2v) is 4.78. The molecule has 6 heteroatoms. The lowest BCUT2D eigenvalue weighted by Crippen LogP contribution is -2.32. The molecule has 0 bridgehead atoms. The van der Waals surface area contributed by atoms with Crippen molar-refractivity contribution in [1.29, 1.82) is 0 Å². The number of hydrogen-bond donors (Lipinski definition) is 2. The predicted octanol–water partition coefficient (Wildman–Crippen LogP) is 1.48. The molecule has 2 amide bonds. The highest BCUT2D eigenvalue weighted by Gasteiger charge is 2.13. The fraction of sp³-hybridized carbons (Fsp3) is 0.467. The summed E-state index contributed by atoms with van der Waals surface area (Å²) in [6.07, 6.45) is 1.92. The Morgan fingerprint density at radius 3 is 2.62 bits per heavy atom. The Bertz CT molecular complexity index is 502. The first-order valence-corrected chi connectivity index (χ1v) is 6.88. The molecule has 6 nitrogen and oxygen atoms in total. The Kier molecular flexibility index (Phi) is 6.52. The van der Waals surface area contributed by atoms with E-state index in [1.165, 1.54) is 7.11 Å². The minimum absolute atomic E-state index is 0.110. The van der Waals surface area contributed by atoms with Crippen LogP contribution in [0.2, 0.25) is 0 Å². The van der Waals surface area contributed by atoms with Crippen molar-refractivity contribution in [3.63, 3.8) is 0 Å². The van der Waals surface area contributed by atoms with Crippen molar-refractivity contribution < 1.29 is 19.1 Å². The van der Waals surface area contributed by atoms with Crippen molar-refractivity contribution in [2.24, 2.45) is 5.73 Å². The van der Waals surface area contributed by atoms with Crippen LogP contribution in [0, 0.1) is 0 Å². The molecule has 0 saturated carbocycles. The van der Waals surface area contributed by atoms with Crippen molar-refractivity contribution in [2.75, 3.05) is 13.7 Å². The van der Waals surface area contributed by atoms with Crippen LogP contribution in [-0.4, -0.2) is 31.6 Å². The first-order chi connectivity index (χ1) is 9.97. The highest BCUT2D eigenvalue weighted by Crippen LogP contribution is 2.28. The number of primary amides is 1. The molecule has 0 aliphatic rings. The number of nitrogens with two attached hydrogens (primary N) is 1. The van der Waals surface area contributed by atoms with Gasteiger partial charge < -0.3 is 20.5 Å². The molecule has 0 saturated heterocycles. The maximum atomic E-state index is 12.1. The molecule has 0 aromatic heterocycles. The molecule has 0 aliphatic carbocycles. The van der Waals surface area contributed by atoms with E-state index < -0.39 is 5.91 Å². The molecule has 0 unspecified atom stereocenters. The zero-order valence-electron chi connectivity index (χ0n) is 12.6. The number of rotatable bonds is 8. The summed E-state index contributed by atoms with van der Waals surface area (Å²) in [5, 5.41) is 2.91. The zero-order chi connectivity index (χ0) is 15.8. The smallest absolute Gasteiger partial charge is 0.255 e. The van der Waals surface area contributed by atoms with E-state index in [1.807, 2.05) is 6.92 Å². The fourth-order valence-corrected chi connectivity index (χ4v) is 1.89. The van der Waals surface area contributed by atoms with Crippen LogP contribution in [0.1, 0.15) is 37.0 Å². The Balaban J connectivity index is 2.81. The third-order valence-electron chi connectivity index (χ3n) is 2.89. The van der Waals surface area contributed by atoms with Gasteiger partial charge in [0.2, 0.25) is 0 Å². The van der Waals surface area contributed by atoms with Crippen LogP contribution in [0.25, 0.3) is 0 Å². The predicted molar refractivity (Wildman–Crippen MR) is 79.5 cm³/mol. The van der Waals surface area contributed by atoms with Gasteiger partial charge in [-0.15, -0.1) is 0 Å². The van der Waals surface area contributed by atoms with Crippen LogP contribution in [0.3, 0.4) is 0 Å². The van der Waals surface area contributed by atoms with E-state index in [1.54, 1.807) is 18.2 Å². The first kappa shape index (κ1) is 16.8. The van der Waals surface area contributed by atoms with Gasteiger partial charge in [-0.3, -0.25) is 9.59 Å². The minimum atomic E-state index is -0.577. The molecule has 0 radical (unpaired) electrons. The Labute approximate surface area is 124 Å². The SMILES string of the molecule is CCC[C@@H](C)NC(=O)c1ccc(OCC(N)=O)c(OC)c1. The highest BCUT2D eigenvalue weighted by atomic mass is 16.5. The molecular weight excluding hydrogens is 272 g/mol. The van der Waals surface area contributed by atoms with Crippen LogP contribution in [0.15, 0.2) is 18.2 Å². The number of amides is 2. The van der Waals surface area contributed by atoms with Gasteiger partial charge in [-0.2, -0.15) is 0 Å². The maximum Gasteiger partial charge on any atom is 0.255 e. The van der Waals surface area contributed by atoms with Crippen LogP contribution >= 0.6 is 0 Å². The van der Waals surface area contributed by atoms with Crippen molar-refractivity contribution in [3.05, 3.63) is 23.8 Å². The lowest BCUT2D eigenvalue weighted by Gasteiger charge is -2.14. The third-order valence-corrected chi connectivity index (χ3v) is 2.89. The molecule has 1 aromatic rings. The standard InChI is InChI=1S/C15H22N2O4/c1-4-5-10(2)17-15(19)11-6-7-12(13(8-11)20-3)21-9-14(16)18/h6-8,10H,4-5,9H2,1-3H3,(H2,16,18)(H,17,19)/t10-/m1/s1. The summed E-state index contributed by atoms with van der Waals surface area (Å²) in [7, 11) is 1.47. The van der Waals surface area contributed by atoms with Gasteiger partial charge in [-0.05, 0) is 31.5 Å². The summed E-state index contributed by atoms with van der Waals surface area (Å²) in [6, 6.07) is 4.89. The number of ether oxygens (including phenoxy) is 2. The number of methoxy groups -OCH3 is 1. The largest absolute Gasteiger partial charge is 0.493 e. The molecule has 116 valence electrons. The van der Waals surface area contributed by atoms with Crippen molar-refractivity contribution in [2.45, 2.75) is 32.7 Å². The summed E-state index contributed by atoms with van der Waals surface area (Å²) >= 11 is 0. The number of nitrogens with one attached hydrogen (secondary N) is 1. The average molecular weight is 294 g/mol. The molecule has 0 fully saturated rings. The van der Waals surface area contributed by atoms with E-state index in [0.29, 0.717) is 17.1 Å². The molecule has 1 rings (SSSR count). The quantitative estimate of drug-likeness (QED) is 0.759. The van der Waals surface area contributed by atoms with Crippen LogP contribution < -0.4 is 20.5 Å². The summed E-state index contributed by atoms with van der Waals surface area (Å²) in [5.74, 6) is 0.00413. The Morgan fingerprint density at radius 1 is 1.33 bits per heavy atom. The summed E-state index contributed by atoms with van der Waals surface area (Å²) in [5.41, 5.74) is 5.50. The second-order valence-electron chi connectivity index (χ2n) is 4.78. The van der Waals surface area contributed by atoms with Gasteiger partial charge in [0.25, 0.3) is 11.8 Å². The average Bonchev–Trinajstić information content (AvgIpc) is 2.44. The summed E-state index contributed by atoms with van der Waals surface area (Å²) < 4.78 is 10.4. The Morgan fingerprint density at radius 2 is 2.05 bits per heavy atom. The first-order valence-electron chi connectivity index (χ1n) is 6.88. The molecule has 3 N–H and O–H groups in total. The van der Waals surface area contributed by atoms with E-state index >= 15 is 0 Å². The second kappa shape index (κ2) is 8.14. The maximum absolute atomic E-state index is 12.1. The number of carbonyl (C=O) groups is 2. The number of benzene rings is 1. The van der Waals surface area contributed by atoms with E-state index in [2.05, 4.69) is 12.2 Å². The lowest BCUT2D eigenvalue weighted by molar-refractivity contribution is -0.119. The summed E-state index contributed by atoms with van der Waals surface area (Å²) in [4.78, 5) is 22.8. The zero-order valence-corrected chi connectivity index (χ0v) is 12.6. The van der Waals surface area contributed by atoms with Crippen molar-refractivity contribution in [3.8, 4) is 11.5 Å². The van der Waals surface area contributed by atoms with Gasteiger partial charge in [0.15, 0.2) is 18.1 Å². The number of carbonyl (C=O) groups excluding carboxylic acids is 2. The summed E-state index contributed by atoms with van der Waals surface area (Å²) in [6.45, 7) is 3.79. The molecule has 0 spiro atoms. The lowest BCUT2D eigenvalue weighted by atomic mass is 10.1. The van der Waals surface area contributed by atoms with E-state index in [9.17, 15) is 9.59 Å². The molecular formula is C15H22N2O4. The molecule has 21 heavy (non-hydrogen) atoms. The van der Waals surface area contributed by atoms with Crippen LogP contribution in [0.5, 0.6) is 11.5 Å². The fourth-order valence-electron chi connectivity index (χ4n) is 1.89. The van der Waals surface area contributed by atoms with Crippen LogP contribution in [-0.2, 0) is 4.79 Å². The van der Waals surface area contributed by atoms with Crippen molar-refractivity contribution in [1.82, 2.24) is 5.32 Å². The van der Waals surface area contributed by atoms with Gasteiger partial charge in [0.1, 0.15) is 0 Å². The van der Waals surface area contributed by atoms with Gasteiger partial charge in [0, 0.05) is 11.6 Å².